The summed E-state index contributed by atoms with van der Waals surface area (Å²) >= 11 is 0. The van der Waals surface area contributed by atoms with Crippen molar-refractivity contribution in [1.82, 2.24) is 4.98 Å². The van der Waals surface area contributed by atoms with E-state index < -0.39 is 48.5 Å². The fourth-order valence-electron chi connectivity index (χ4n) is 3.18. The number of pyridine rings is 1. The van der Waals surface area contributed by atoms with Crippen LogP contribution in [-0.2, 0) is 10.3 Å². The first-order valence-corrected chi connectivity index (χ1v) is 9.30. The number of aromatic nitrogens is 1. The van der Waals surface area contributed by atoms with E-state index in [-0.39, 0.29) is 28.4 Å². The number of aliphatic imine (C=N–C) groups is 1. The van der Waals surface area contributed by atoms with Gasteiger partial charge in [-0.25, -0.2) is 9.37 Å². The molecule has 0 spiro atoms. The molecule has 1 aliphatic rings. The summed E-state index contributed by atoms with van der Waals surface area (Å²) in [7, 11) is -2.71. The Kier molecular flexibility index (Phi) is 4.90. The molecule has 1 amide bonds. The summed E-state index contributed by atoms with van der Waals surface area (Å²) in [6.07, 6.45) is -4.83. The molecule has 11 heteroatoms. The second-order valence-corrected chi connectivity index (χ2v) is 7.62. The molecule has 2 atom stereocenters. The molecule has 1 aromatic carbocycles. The number of alkyl halides is 3. The van der Waals surface area contributed by atoms with Crippen LogP contribution in [0.1, 0.15) is 39.6 Å². The second kappa shape index (κ2) is 8.05. The van der Waals surface area contributed by atoms with Crippen LogP contribution in [0.25, 0.3) is 0 Å². The van der Waals surface area contributed by atoms with Gasteiger partial charge in [-0.15, -0.1) is 0 Å². The van der Waals surface area contributed by atoms with Crippen molar-refractivity contribution in [3.63, 3.8) is 0 Å². The van der Waals surface area contributed by atoms with E-state index in [0.717, 1.165) is 13.0 Å². The number of halogens is 4. The van der Waals surface area contributed by atoms with Crippen LogP contribution in [0.5, 0.6) is 5.88 Å². The lowest BCUT2D eigenvalue weighted by atomic mass is 9.89. The number of nitrogens with zero attached hydrogens (tertiary/aromatic N) is 2. The third-order valence-electron chi connectivity index (χ3n) is 5.25. The number of amidine groups is 1. The summed E-state index contributed by atoms with van der Waals surface area (Å²) < 4.78 is 85.8. The molecular weight excluding hydrogens is 432 g/mol. The van der Waals surface area contributed by atoms with Crippen molar-refractivity contribution in [3.05, 3.63) is 53.0 Å². The molecule has 0 saturated heterocycles. The topological polar surface area (TPSA) is 98.8 Å². The minimum Gasteiger partial charge on any atom is -0.481 e. The lowest BCUT2D eigenvalue weighted by Gasteiger charge is -2.41. The predicted octanol–water partition coefficient (Wildman–Crippen LogP) is 3.71. The summed E-state index contributed by atoms with van der Waals surface area (Å²) in [4.78, 5) is 20.6. The highest BCUT2D eigenvalue weighted by Crippen LogP contribution is 2.41. The molecule has 1 aromatic heterocycles. The van der Waals surface area contributed by atoms with E-state index in [0.29, 0.717) is 0 Å². The number of hydrogen-bond acceptors (Lipinski definition) is 6. The molecular formula is C21H22F4N4O3. The first-order valence-electron chi connectivity index (χ1n) is 10.8. The molecule has 0 radical (unpaired) electrons. The van der Waals surface area contributed by atoms with Crippen molar-refractivity contribution in [2.45, 2.75) is 38.1 Å². The SMILES string of the molecule is [2H]C([2H])([2H])Oc1ccc(C(=O)Nc2ccc(F)c([C@]3(C)CO[C@@](C)(C(F)(F)F)C(N)=N3)c2)c(C)n1. The number of anilines is 1. The molecule has 2 aromatic rings. The van der Waals surface area contributed by atoms with Gasteiger partial charge < -0.3 is 20.5 Å². The van der Waals surface area contributed by atoms with Crippen molar-refractivity contribution in [2.75, 3.05) is 19.0 Å². The van der Waals surface area contributed by atoms with E-state index in [2.05, 4.69) is 15.3 Å². The molecule has 0 bridgehead atoms. The van der Waals surface area contributed by atoms with Crippen LogP contribution in [0.3, 0.4) is 0 Å². The smallest absolute Gasteiger partial charge is 0.424 e. The fraction of sp³-hybridized carbons (Fsp3) is 0.381. The average Bonchev–Trinajstić information content (AvgIpc) is 2.70. The molecule has 172 valence electrons. The maximum atomic E-state index is 14.7. The second-order valence-electron chi connectivity index (χ2n) is 7.62. The highest BCUT2D eigenvalue weighted by atomic mass is 19.4. The Hall–Kier alpha value is -3.21. The fourth-order valence-corrected chi connectivity index (χ4v) is 3.18. The van der Waals surface area contributed by atoms with Gasteiger partial charge in [0.25, 0.3) is 5.91 Å². The Morgan fingerprint density at radius 3 is 2.62 bits per heavy atom. The number of aryl methyl sites for hydroxylation is 1. The van der Waals surface area contributed by atoms with E-state index in [4.69, 9.17) is 19.3 Å². The van der Waals surface area contributed by atoms with Crippen LogP contribution in [0.15, 0.2) is 35.3 Å². The van der Waals surface area contributed by atoms with Gasteiger partial charge in [-0.3, -0.25) is 9.79 Å². The van der Waals surface area contributed by atoms with Gasteiger partial charge in [0.15, 0.2) is 0 Å². The summed E-state index contributed by atoms with van der Waals surface area (Å²) in [5.74, 6) is -2.49. The number of carbonyl (C=O) groups is 1. The third-order valence-corrected chi connectivity index (χ3v) is 5.25. The Morgan fingerprint density at radius 1 is 1.31 bits per heavy atom. The normalized spacial score (nSPS) is 25.2. The van der Waals surface area contributed by atoms with Gasteiger partial charge in [0, 0.05) is 17.3 Å². The number of amides is 1. The molecule has 0 fully saturated rings. The molecule has 3 N–H and O–H groups in total. The zero-order valence-electron chi connectivity index (χ0n) is 20.3. The lowest BCUT2D eigenvalue weighted by Crippen LogP contribution is -2.60. The van der Waals surface area contributed by atoms with Crippen LogP contribution in [0.2, 0.25) is 0 Å². The number of hydrogen-bond donors (Lipinski definition) is 2. The van der Waals surface area contributed by atoms with E-state index >= 15 is 0 Å². The van der Waals surface area contributed by atoms with Gasteiger partial charge in [-0.05, 0) is 45.0 Å². The average molecular weight is 457 g/mol. The maximum Gasteiger partial charge on any atom is 0.424 e. The van der Waals surface area contributed by atoms with E-state index in [1.165, 1.54) is 38.1 Å². The van der Waals surface area contributed by atoms with Gasteiger partial charge in [0.1, 0.15) is 17.2 Å². The monoisotopic (exact) mass is 457 g/mol. The van der Waals surface area contributed by atoms with Gasteiger partial charge in [0.2, 0.25) is 11.5 Å². The zero-order valence-corrected chi connectivity index (χ0v) is 17.3. The van der Waals surface area contributed by atoms with Crippen LogP contribution in [0.4, 0.5) is 23.2 Å². The van der Waals surface area contributed by atoms with Gasteiger partial charge in [-0.1, -0.05) is 0 Å². The number of nitrogens with one attached hydrogen (secondary N) is 1. The van der Waals surface area contributed by atoms with E-state index in [1.807, 2.05) is 0 Å². The number of rotatable bonds is 4. The first kappa shape index (κ1) is 19.5. The summed E-state index contributed by atoms with van der Waals surface area (Å²) in [6, 6.07) is 6.02. The molecule has 32 heavy (non-hydrogen) atoms. The van der Waals surface area contributed by atoms with Crippen LogP contribution in [0, 0.1) is 12.7 Å². The Bertz CT molecular complexity index is 1190. The minimum atomic E-state index is -4.83. The van der Waals surface area contributed by atoms with E-state index in [1.54, 1.807) is 0 Å². The van der Waals surface area contributed by atoms with Gasteiger partial charge in [-0.2, -0.15) is 13.2 Å². The Morgan fingerprint density at radius 2 is 2.03 bits per heavy atom. The summed E-state index contributed by atoms with van der Waals surface area (Å²) in [5, 5.41) is 2.54. The molecule has 0 aliphatic carbocycles. The first-order chi connectivity index (χ1) is 15.9. The lowest BCUT2D eigenvalue weighted by molar-refractivity contribution is -0.249. The summed E-state index contributed by atoms with van der Waals surface area (Å²) in [5.41, 5.74) is 1.42. The van der Waals surface area contributed by atoms with Crippen molar-refractivity contribution in [3.8, 4) is 5.88 Å². The minimum absolute atomic E-state index is 0.0872. The van der Waals surface area contributed by atoms with Crippen molar-refractivity contribution < 1.29 is 35.9 Å². The van der Waals surface area contributed by atoms with Crippen molar-refractivity contribution in [1.29, 1.82) is 0 Å². The predicted molar refractivity (Wildman–Crippen MR) is 109 cm³/mol. The van der Waals surface area contributed by atoms with Crippen LogP contribution >= 0.6 is 0 Å². The number of ether oxygens (including phenoxy) is 2. The van der Waals surface area contributed by atoms with Crippen molar-refractivity contribution in [2.24, 2.45) is 10.7 Å². The van der Waals surface area contributed by atoms with Crippen molar-refractivity contribution >= 4 is 17.4 Å². The third kappa shape index (κ3) is 4.12. The Labute approximate surface area is 185 Å². The molecule has 7 nitrogen and oxygen atoms in total. The molecule has 0 saturated carbocycles. The molecule has 2 heterocycles. The highest BCUT2D eigenvalue weighted by molar-refractivity contribution is 6.05. The standard InChI is InChI=1S/C21H22F4N4O3/c1-11-13(6-8-16(27-11)31-4)17(30)28-12-5-7-15(22)14(9-12)19(2)10-32-20(3,18(26)29-19)21(23,24)25/h5-9H,10H2,1-4H3,(H2,26,29)(H,28,30)/t19-,20+/m0/s1/i4D3. The molecule has 0 unspecified atom stereocenters. The maximum absolute atomic E-state index is 14.7. The van der Waals surface area contributed by atoms with Crippen LogP contribution < -0.4 is 15.8 Å². The molecule has 3 rings (SSSR count). The Balaban J connectivity index is 1.88. The number of methoxy groups -OCH3 is 1. The van der Waals surface area contributed by atoms with Gasteiger partial charge >= 0.3 is 6.18 Å². The van der Waals surface area contributed by atoms with Crippen LogP contribution in [-0.4, -0.2) is 42.1 Å². The quantitative estimate of drug-likeness (QED) is 0.682. The molecule has 1 aliphatic heterocycles. The van der Waals surface area contributed by atoms with E-state index in [9.17, 15) is 22.4 Å². The highest BCUT2D eigenvalue weighted by Gasteiger charge is 2.59. The number of benzene rings is 1. The number of carbonyl (C=O) groups excluding carboxylic acids is 1. The zero-order chi connectivity index (χ0) is 26.4. The summed E-state index contributed by atoms with van der Waals surface area (Å²) in [6.45, 7) is 2.94. The van der Waals surface area contributed by atoms with Gasteiger partial charge in [0.05, 0.1) is 29.0 Å². The number of nitrogens with two attached hydrogens (primary N) is 1. The largest absolute Gasteiger partial charge is 0.481 e.